The maximum Gasteiger partial charge on any atom is 0.142 e. The van der Waals surface area contributed by atoms with Crippen molar-refractivity contribution in [2.75, 3.05) is 6.54 Å². The quantitative estimate of drug-likeness (QED) is 0.832. The average molecular weight is 258 g/mol. The summed E-state index contributed by atoms with van der Waals surface area (Å²) in [7, 11) is 0. The summed E-state index contributed by atoms with van der Waals surface area (Å²) in [5.74, 6) is 0.256. The molecule has 1 N–H and O–H groups in total. The van der Waals surface area contributed by atoms with E-state index in [9.17, 15) is 4.39 Å². The Balaban J connectivity index is 2.49. The number of benzene rings is 1. The molecule has 3 heteroatoms. The molecule has 0 aliphatic rings. The topological polar surface area (TPSA) is 12.0 Å². The Bertz CT molecular complexity index is 374. The Labute approximate surface area is 108 Å². The predicted octanol–water partition coefficient (Wildman–Crippen LogP) is 4.25. The summed E-state index contributed by atoms with van der Waals surface area (Å²) in [6.45, 7) is 10.5. The van der Waals surface area contributed by atoms with E-state index in [0.29, 0.717) is 12.5 Å². The van der Waals surface area contributed by atoms with Gasteiger partial charge in [0.1, 0.15) is 5.82 Å². The second kappa shape index (κ2) is 5.83. The van der Waals surface area contributed by atoms with E-state index in [0.717, 1.165) is 12.1 Å². The highest BCUT2D eigenvalue weighted by atomic mass is 35.5. The maximum absolute atomic E-state index is 13.2. The van der Waals surface area contributed by atoms with Crippen molar-refractivity contribution in [2.45, 2.75) is 34.2 Å². The van der Waals surface area contributed by atoms with Gasteiger partial charge < -0.3 is 5.32 Å². The molecule has 0 amide bonds. The molecule has 0 unspecified atom stereocenters. The Kier molecular flexibility index (Phi) is 4.96. The molecule has 0 fully saturated rings. The first-order valence-corrected chi connectivity index (χ1v) is 6.35. The Morgan fingerprint density at radius 1 is 1.35 bits per heavy atom. The second-order valence-electron chi connectivity index (χ2n) is 5.50. The fourth-order valence-electron chi connectivity index (χ4n) is 1.38. The van der Waals surface area contributed by atoms with Crippen molar-refractivity contribution in [3.05, 3.63) is 34.6 Å². The lowest BCUT2D eigenvalue weighted by molar-refractivity contribution is 0.238. The van der Waals surface area contributed by atoms with Crippen molar-refractivity contribution >= 4 is 11.6 Å². The normalized spacial score (nSPS) is 12.2. The molecule has 0 aromatic heterocycles. The molecule has 0 bridgehead atoms. The summed E-state index contributed by atoms with van der Waals surface area (Å²) >= 11 is 5.63. The van der Waals surface area contributed by atoms with Crippen molar-refractivity contribution in [3.8, 4) is 0 Å². The van der Waals surface area contributed by atoms with E-state index in [1.807, 2.05) is 6.07 Å². The van der Waals surface area contributed by atoms with Crippen LogP contribution in [-0.2, 0) is 6.54 Å². The first kappa shape index (κ1) is 14.5. The number of nitrogens with one attached hydrogen (secondary N) is 1. The fourth-order valence-corrected chi connectivity index (χ4v) is 1.50. The van der Waals surface area contributed by atoms with Crippen molar-refractivity contribution in [1.82, 2.24) is 5.32 Å². The van der Waals surface area contributed by atoms with Crippen molar-refractivity contribution < 1.29 is 4.39 Å². The highest BCUT2D eigenvalue weighted by Gasteiger charge is 2.21. The smallest absolute Gasteiger partial charge is 0.142 e. The minimum atomic E-state index is -0.353. The van der Waals surface area contributed by atoms with Gasteiger partial charge in [0.25, 0.3) is 0 Å². The molecule has 0 aliphatic carbocycles. The summed E-state index contributed by atoms with van der Waals surface area (Å²) in [5.41, 5.74) is 1.16. The third-order valence-electron chi connectivity index (χ3n) is 3.46. The Morgan fingerprint density at radius 2 is 2.00 bits per heavy atom. The van der Waals surface area contributed by atoms with E-state index in [1.165, 1.54) is 6.07 Å². The molecule has 1 aromatic rings. The van der Waals surface area contributed by atoms with Crippen LogP contribution in [-0.4, -0.2) is 6.54 Å². The Hall–Kier alpha value is -0.600. The van der Waals surface area contributed by atoms with Gasteiger partial charge in [-0.3, -0.25) is 0 Å². The molecule has 0 saturated carbocycles. The zero-order valence-corrected chi connectivity index (χ0v) is 11.7. The van der Waals surface area contributed by atoms with Gasteiger partial charge in [-0.05, 0) is 29.0 Å². The van der Waals surface area contributed by atoms with Crippen LogP contribution in [0.3, 0.4) is 0 Å². The summed E-state index contributed by atoms with van der Waals surface area (Å²) in [6.07, 6.45) is 0. The minimum absolute atomic E-state index is 0.177. The van der Waals surface area contributed by atoms with Gasteiger partial charge in [0.05, 0.1) is 5.02 Å². The van der Waals surface area contributed by atoms with Crippen molar-refractivity contribution in [2.24, 2.45) is 11.3 Å². The van der Waals surface area contributed by atoms with E-state index in [4.69, 9.17) is 11.6 Å². The summed E-state index contributed by atoms with van der Waals surface area (Å²) in [6, 6.07) is 4.93. The van der Waals surface area contributed by atoms with Crippen LogP contribution in [0.25, 0.3) is 0 Å². The Morgan fingerprint density at radius 3 is 2.53 bits per heavy atom. The number of hydrogen-bond acceptors (Lipinski definition) is 1. The van der Waals surface area contributed by atoms with Crippen LogP contribution in [0, 0.1) is 17.2 Å². The molecule has 1 nitrogen and oxygen atoms in total. The molecule has 0 atom stereocenters. The summed E-state index contributed by atoms with van der Waals surface area (Å²) < 4.78 is 13.2. The van der Waals surface area contributed by atoms with Crippen LogP contribution >= 0.6 is 11.6 Å². The van der Waals surface area contributed by atoms with Gasteiger partial charge in [-0.15, -0.1) is 0 Å². The highest BCUT2D eigenvalue weighted by Crippen LogP contribution is 2.24. The molecule has 96 valence electrons. The second-order valence-corrected chi connectivity index (χ2v) is 5.90. The van der Waals surface area contributed by atoms with Gasteiger partial charge in [-0.25, -0.2) is 4.39 Å². The van der Waals surface area contributed by atoms with Gasteiger partial charge in [0, 0.05) is 13.1 Å². The zero-order chi connectivity index (χ0) is 13.1. The highest BCUT2D eigenvalue weighted by molar-refractivity contribution is 6.30. The zero-order valence-electron chi connectivity index (χ0n) is 11.0. The SMILES string of the molecule is CC(C)C(C)(C)CNCc1ccc(Cl)c(F)c1. The maximum atomic E-state index is 13.2. The van der Waals surface area contributed by atoms with Gasteiger partial charge in [-0.2, -0.15) is 0 Å². The van der Waals surface area contributed by atoms with Crippen LogP contribution in [0.4, 0.5) is 4.39 Å². The lowest BCUT2D eigenvalue weighted by Gasteiger charge is -2.29. The minimum Gasteiger partial charge on any atom is -0.312 e. The largest absolute Gasteiger partial charge is 0.312 e. The van der Waals surface area contributed by atoms with Crippen molar-refractivity contribution in [3.63, 3.8) is 0 Å². The molecule has 0 radical (unpaired) electrons. The van der Waals surface area contributed by atoms with Crippen molar-refractivity contribution in [1.29, 1.82) is 0 Å². The molecule has 1 aromatic carbocycles. The van der Waals surface area contributed by atoms with E-state index in [-0.39, 0.29) is 16.3 Å². The van der Waals surface area contributed by atoms with E-state index in [2.05, 4.69) is 33.0 Å². The number of hydrogen-bond donors (Lipinski definition) is 1. The van der Waals surface area contributed by atoms with Crippen LogP contribution in [0.15, 0.2) is 18.2 Å². The van der Waals surface area contributed by atoms with E-state index >= 15 is 0 Å². The van der Waals surface area contributed by atoms with Gasteiger partial charge in [0.15, 0.2) is 0 Å². The van der Waals surface area contributed by atoms with Gasteiger partial charge in [0.2, 0.25) is 0 Å². The summed E-state index contributed by atoms with van der Waals surface area (Å²) in [5, 5.41) is 3.54. The van der Waals surface area contributed by atoms with Crippen LogP contribution in [0.2, 0.25) is 5.02 Å². The summed E-state index contributed by atoms with van der Waals surface area (Å²) in [4.78, 5) is 0. The van der Waals surface area contributed by atoms with Crippen LogP contribution in [0.1, 0.15) is 33.3 Å². The molecule has 0 spiro atoms. The number of halogens is 2. The van der Waals surface area contributed by atoms with Gasteiger partial charge in [-0.1, -0.05) is 45.4 Å². The number of rotatable bonds is 5. The average Bonchev–Trinajstić information content (AvgIpc) is 2.23. The molecule has 0 saturated heterocycles. The van der Waals surface area contributed by atoms with Crippen LogP contribution < -0.4 is 5.32 Å². The molecular weight excluding hydrogens is 237 g/mol. The molecule has 1 rings (SSSR count). The molecule has 0 heterocycles. The standard InChI is InChI=1S/C14H21ClFN/c1-10(2)14(3,4)9-17-8-11-5-6-12(15)13(16)7-11/h5-7,10,17H,8-9H2,1-4H3. The van der Waals surface area contributed by atoms with Crippen LogP contribution in [0.5, 0.6) is 0 Å². The molecule has 0 aliphatic heterocycles. The first-order valence-electron chi connectivity index (χ1n) is 5.97. The van der Waals surface area contributed by atoms with E-state index < -0.39 is 0 Å². The fraction of sp³-hybridized carbons (Fsp3) is 0.571. The molecule has 17 heavy (non-hydrogen) atoms. The lowest BCUT2D eigenvalue weighted by Crippen LogP contribution is -2.33. The first-order chi connectivity index (χ1) is 7.83. The monoisotopic (exact) mass is 257 g/mol. The van der Waals surface area contributed by atoms with E-state index in [1.54, 1.807) is 6.07 Å². The predicted molar refractivity (Wildman–Crippen MR) is 71.7 cm³/mol. The van der Waals surface area contributed by atoms with Gasteiger partial charge >= 0.3 is 0 Å². The lowest BCUT2D eigenvalue weighted by atomic mass is 9.81. The third-order valence-corrected chi connectivity index (χ3v) is 3.76. The third kappa shape index (κ3) is 4.29. The molecular formula is C14H21ClFN.